The van der Waals surface area contributed by atoms with Gasteiger partial charge in [-0.3, -0.25) is 4.99 Å². The van der Waals surface area contributed by atoms with Crippen LogP contribution in [0.15, 0.2) is 16.6 Å². The normalized spacial score (nSPS) is 17.3. The van der Waals surface area contributed by atoms with Gasteiger partial charge in [0.05, 0.1) is 0 Å². The number of nitrogens with two attached hydrogens (primary N) is 1. The molecule has 0 spiro atoms. The van der Waals surface area contributed by atoms with Gasteiger partial charge in [-0.2, -0.15) is 0 Å². The van der Waals surface area contributed by atoms with Crippen LogP contribution in [0.4, 0.5) is 5.13 Å². The maximum Gasteiger partial charge on any atom is 0.191 e. The van der Waals surface area contributed by atoms with E-state index in [-0.39, 0.29) is 0 Å². The smallest absolute Gasteiger partial charge is 0.191 e. The van der Waals surface area contributed by atoms with E-state index in [1.54, 1.807) is 11.3 Å². The number of anilines is 1. The standard InChI is InChI=1S/C13H23N5S/c1-11(2)3-4-15-12(14)17-6-8-18(9-7-17)13-16-5-10-19-13/h5,10-11H,3-4,6-9H2,1-2H3,(H2,14,15). The van der Waals surface area contributed by atoms with Gasteiger partial charge in [-0.1, -0.05) is 13.8 Å². The van der Waals surface area contributed by atoms with E-state index in [9.17, 15) is 0 Å². The second-order valence-electron chi connectivity index (χ2n) is 5.21. The molecule has 0 bridgehead atoms. The van der Waals surface area contributed by atoms with E-state index in [4.69, 9.17) is 5.73 Å². The first-order valence-corrected chi connectivity index (χ1v) is 7.74. The Morgan fingerprint density at radius 3 is 2.74 bits per heavy atom. The van der Waals surface area contributed by atoms with Crippen LogP contribution in [0.25, 0.3) is 0 Å². The number of guanidine groups is 1. The van der Waals surface area contributed by atoms with E-state index in [0.717, 1.165) is 44.3 Å². The first kappa shape index (κ1) is 14.1. The van der Waals surface area contributed by atoms with E-state index in [1.165, 1.54) is 0 Å². The van der Waals surface area contributed by atoms with Crippen molar-refractivity contribution < 1.29 is 0 Å². The predicted octanol–water partition coefficient (Wildman–Crippen LogP) is 1.63. The summed E-state index contributed by atoms with van der Waals surface area (Å²) in [5, 5.41) is 3.12. The summed E-state index contributed by atoms with van der Waals surface area (Å²) in [6.45, 7) is 9.03. The fourth-order valence-electron chi connectivity index (χ4n) is 2.04. The quantitative estimate of drug-likeness (QED) is 0.673. The van der Waals surface area contributed by atoms with E-state index in [0.29, 0.717) is 11.9 Å². The molecule has 0 atom stereocenters. The van der Waals surface area contributed by atoms with Crippen LogP contribution in [-0.4, -0.2) is 48.6 Å². The maximum absolute atomic E-state index is 6.04. The van der Waals surface area contributed by atoms with Crippen LogP contribution in [0.2, 0.25) is 0 Å². The number of piperazine rings is 1. The summed E-state index contributed by atoms with van der Waals surface area (Å²) in [6, 6.07) is 0. The minimum absolute atomic E-state index is 0.679. The summed E-state index contributed by atoms with van der Waals surface area (Å²) < 4.78 is 0. The lowest BCUT2D eigenvalue weighted by Crippen LogP contribution is -2.51. The molecule has 0 aliphatic carbocycles. The summed E-state index contributed by atoms with van der Waals surface area (Å²) in [7, 11) is 0. The van der Waals surface area contributed by atoms with Gasteiger partial charge < -0.3 is 15.5 Å². The zero-order valence-electron chi connectivity index (χ0n) is 11.7. The summed E-state index contributed by atoms with van der Waals surface area (Å²) >= 11 is 1.69. The highest BCUT2D eigenvalue weighted by Crippen LogP contribution is 2.18. The van der Waals surface area contributed by atoms with Gasteiger partial charge in [0.1, 0.15) is 0 Å². The molecule has 0 amide bonds. The molecule has 1 fully saturated rings. The number of rotatable bonds is 4. The van der Waals surface area contributed by atoms with Crippen molar-refractivity contribution in [3.05, 3.63) is 11.6 Å². The Morgan fingerprint density at radius 1 is 1.42 bits per heavy atom. The molecule has 1 aromatic heterocycles. The number of nitrogens with zero attached hydrogens (tertiary/aromatic N) is 4. The average Bonchev–Trinajstić information content (AvgIpc) is 2.92. The Balaban J connectivity index is 1.79. The lowest BCUT2D eigenvalue weighted by atomic mass is 10.1. The Bertz CT molecular complexity index is 393. The van der Waals surface area contributed by atoms with Gasteiger partial charge in [0.15, 0.2) is 11.1 Å². The number of hydrogen-bond donors (Lipinski definition) is 1. The van der Waals surface area contributed by atoms with Crippen molar-refractivity contribution in [3.63, 3.8) is 0 Å². The van der Waals surface area contributed by atoms with E-state index >= 15 is 0 Å². The zero-order chi connectivity index (χ0) is 13.7. The molecule has 1 saturated heterocycles. The summed E-state index contributed by atoms with van der Waals surface area (Å²) in [4.78, 5) is 13.3. The molecule has 5 nitrogen and oxygen atoms in total. The minimum Gasteiger partial charge on any atom is -0.370 e. The van der Waals surface area contributed by atoms with E-state index in [1.807, 2.05) is 11.6 Å². The largest absolute Gasteiger partial charge is 0.370 e. The Kier molecular flexibility index (Phi) is 5.01. The van der Waals surface area contributed by atoms with Gasteiger partial charge in [0, 0.05) is 44.3 Å². The molecule has 6 heteroatoms. The number of aliphatic imine (C=N–C) groups is 1. The first-order valence-electron chi connectivity index (χ1n) is 6.86. The topological polar surface area (TPSA) is 57.8 Å². The molecule has 0 aromatic carbocycles. The summed E-state index contributed by atoms with van der Waals surface area (Å²) in [6.07, 6.45) is 2.95. The molecule has 106 valence electrons. The van der Waals surface area contributed by atoms with Crippen LogP contribution in [0, 0.1) is 5.92 Å². The number of hydrogen-bond acceptors (Lipinski definition) is 4. The third-order valence-corrected chi connectivity index (χ3v) is 4.11. The monoisotopic (exact) mass is 281 g/mol. The fraction of sp³-hybridized carbons (Fsp3) is 0.692. The first-order chi connectivity index (χ1) is 9.16. The van der Waals surface area contributed by atoms with Gasteiger partial charge in [-0.05, 0) is 12.3 Å². The molecule has 0 radical (unpaired) electrons. The van der Waals surface area contributed by atoms with Gasteiger partial charge >= 0.3 is 0 Å². The number of thiazole rings is 1. The summed E-state index contributed by atoms with van der Waals surface area (Å²) in [5.74, 6) is 1.37. The Labute approximate surface area is 119 Å². The van der Waals surface area contributed by atoms with Crippen LogP contribution in [0.5, 0.6) is 0 Å². The Hall–Kier alpha value is -1.30. The van der Waals surface area contributed by atoms with Crippen LogP contribution in [0.1, 0.15) is 20.3 Å². The molecule has 1 aliphatic rings. The van der Waals surface area contributed by atoms with Crippen molar-refractivity contribution in [2.75, 3.05) is 37.6 Å². The Morgan fingerprint density at radius 2 is 2.16 bits per heavy atom. The lowest BCUT2D eigenvalue weighted by molar-refractivity contribution is 0.380. The highest BCUT2D eigenvalue weighted by atomic mass is 32.1. The molecule has 2 N–H and O–H groups in total. The molecule has 0 saturated carbocycles. The second kappa shape index (κ2) is 6.75. The number of aromatic nitrogens is 1. The minimum atomic E-state index is 0.679. The fourth-order valence-corrected chi connectivity index (χ4v) is 2.73. The second-order valence-corrected chi connectivity index (χ2v) is 6.08. The maximum atomic E-state index is 6.04. The van der Waals surface area contributed by atoms with E-state index in [2.05, 4.69) is 33.6 Å². The van der Waals surface area contributed by atoms with E-state index < -0.39 is 0 Å². The predicted molar refractivity (Wildman–Crippen MR) is 81.8 cm³/mol. The SMILES string of the molecule is CC(C)CCN=C(N)N1CCN(c2nccs2)CC1. The van der Waals surface area contributed by atoms with Crippen molar-refractivity contribution in [2.45, 2.75) is 20.3 Å². The van der Waals surface area contributed by atoms with Crippen molar-refractivity contribution >= 4 is 22.4 Å². The van der Waals surface area contributed by atoms with Crippen molar-refractivity contribution in [3.8, 4) is 0 Å². The molecule has 2 rings (SSSR count). The third-order valence-electron chi connectivity index (χ3n) is 3.27. The van der Waals surface area contributed by atoms with Crippen LogP contribution >= 0.6 is 11.3 Å². The van der Waals surface area contributed by atoms with Crippen molar-refractivity contribution in [1.82, 2.24) is 9.88 Å². The van der Waals surface area contributed by atoms with Gasteiger partial charge in [0.2, 0.25) is 0 Å². The van der Waals surface area contributed by atoms with Gasteiger partial charge in [0.25, 0.3) is 0 Å². The highest BCUT2D eigenvalue weighted by Gasteiger charge is 2.19. The molecule has 0 unspecified atom stereocenters. The molecular weight excluding hydrogens is 258 g/mol. The summed E-state index contributed by atoms with van der Waals surface area (Å²) in [5.41, 5.74) is 6.04. The molecule has 1 aromatic rings. The van der Waals surface area contributed by atoms with Crippen molar-refractivity contribution in [2.24, 2.45) is 16.6 Å². The van der Waals surface area contributed by atoms with Crippen LogP contribution in [0.3, 0.4) is 0 Å². The molecule has 1 aliphatic heterocycles. The average molecular weight is 281 g/mol. The molecular formula is C13H23N5S. The van der Waals surface area contributed by atoms with Crippen molar-refractivity contribution in [1.29, 1.82) is 0 Å². The van der Waals surface area contributed by atoms with Gasteiger partial charge in [-0.25, -0.2) is 4.98 Å². The van der Waals surface area contributed by atoms with Crippen LogP contribution in [-0.2, 0) is 0 Å². The third kappa shape index (κ3) is 4.09. The lowest BCUT2D eigenvalue weighted by Gasteiger charge is -2.35. The zero-order valence-corrected chi connectivity index (χ0v) is 12.6. The molecule has 2 heterocycles. The molecule has 19 heavy (non-hydrogen) atoms. The van der Waals surface area contributed by atoms with Gasteiger partial charge in [-0.15, -0.1) is 11.3 Å². The highest BCUT2D eigenvalue weighted by molar-refractivity contribution is 7.13. The van der Waals surface area contributed by atoms with Crippen LogP contribution < -0.4 is 10.6 Å².